The van der Waals surface area contributed by atoms with Crippen molar-refractivity contribution >= 4 is 108 Å². The van der Waals surface area contributed by atoms with Gasteiger partial charge in [-0.3, -0.25) is 18.8 Å². The predicted octanol–water partition coefficient (Wildman–Crippen LogP) is 16.0. The third kappa shape index (κ3) is 11.3. The Morgan fingerprint density at radius 1 is 0.548 bits per heavy atom. The first-order chi connectivity index (χ1) is 44.9. The van der Waals surface area contributed by atoms with E-state index in [1.54, 1.807) is 12.2 Å². The summed E-state index contributed by atoms with van der Waals surface area (Å²) in [6, 6.07) is 39.7. The minimum absolute atomic E-state index is 0. The molecule has 11 aromatic rings. The zero-order valence-corrected chi connectivity index (χ0v) is 51.2. The number of benzene rings is 6. The molecule has 4 saturated carbocycles. The van der Waals surface area contributed by atoms with Crippen LogP contribution < -0.4 is 16.0 Å². The molecule has 3 amide bonds. The number of hydrogen-bond acceptors (Lipinski definition) is 8. The third-order valence-electron chi connectivity index (χ3n) is 20.3. The summed E-state index contributed by atoms with van der Waals surface area (Å²) in [5, 5.41) is 31.4. The Morgan fingerprint density at radius 2 is 1.06 bits per heavy atom. The normalized spacial score (nSPS) is 17.4. The number of para-hydroxylation sites is 2. The van der Waals surface area contributed by atoms with Crippen LogP contribution in [0.2, 0.25) is 0 Å². The Hall–Kier alpha value is -10.2. The van der Waals surface area contributed by atoms with Crippen LogP contribution in [0, 0.1) is 0 Å². The Labute approximate surface area is 537 Å². The number of nitrogens with zero attached hydrogens (tertiary/aromatic N) is 5. The average Bonchev–Trinajstić information content (AvgIpc) is 1.63. The smallest absolute Gasteiger partial charge is 0.328 e. The highest BCUT2D eigenvalue weighted by Crippen LogP contribution is 2.48. The molecule has 0 unspecified atom stereocenters. The predicted molar refractivity (Wildman–Crippen MR) is 365 cm³/mol. The number of rotatable bonds is 12. The lowest BCUT2D eigenvalue weighted by atomic mass is 9.81. The molecule has 0 spiro atoms. The Bertz CT molecular complexity index is 4840. The Morgan fingerprint density at radius 3 is 1.63 bits per heavy atom. The summed E-state index contributed by atoms with van der Waals surface area (Å²) in [7, 11) is 0. The van der Waals surface area contributed by atoms with Gasteiger partial charge in [-0.05, 0) is 158 Å². The van der Waals surface area contributed by atoms with E-state index < -0.39 is 23.0 Å². The number of carboxylic acids is 2. The molecule has 17 heteroatoms. The van der Waals surface area contributed by atoms with E-state index in [-0.39, 0.29) is 31.7 Å². The number of hydrogen-bond donors (Lipinski definition) is 7. The average molecular weight is 1240 g/mol. The highest BCUT2D eigenvalue weighted by atomic mass is 16.4. The van der Waals surface area contributed by atoms with Crippen molar-refractivity contribution in [1.29, 1.82) is 0 Å². The third-order valence-corrected chi connectivity index (χ3v) is 20.3. The summed E-state index contributed by atoms with van der Waals surface area (Å²) in [6.45, 7) is 0.185. The SMILES string of the molecule is C.O=C(O)/C=C/c1ccc2nc(C3(NC(=O)c4ccc5c(C6CCCCC6)c6c7ccccc7ncn6c5c4)CCCC3)[nH]c2c1.O=C(O)/C=C/c1ccc2nc(C3(NC(=O)c4ccc5c(C6CCCCC6)c6n(c5c4)CC(=O)Nc4ccccc4-6)CCCC3)[nH]c2c1. The van der Waals surface area contributed by atoms with E-state index in [0.29, 0.717) is 28.8 Å². The highest BCUT2D eigenvalue weighted by Gasteiger charge is 2.42. The quantitative estimate of drug-likeness (QED) is 0.0571. The molecule has 6 aromatic carbocycles. The van der Waals surface area contributed by atoms with E-state index in [0.717, 1.165) is 160 Å². The van der Waals surface area contributed by atoms with E-state index in [4.69, 9.17) is 25.2 Å². The van der Waals surface area contributed by atoms with Gasteiger partial charge in [0.05, 0.1) is 66.6 Å². The molecule has 17 nitrogen and oxygen atoms in total. The monoisotopic (exact) mass is 1240 g/mol. The Balaban J connectivity index is 0.000000160. The van der Waals surface area contributed by atoms with Crippen LogP contribution >= 0.6 is 0 Å². The van der Waals surface area contributed by atoms with Gasteiger partial charge in [0, 0.05) is 45.0 Å². The van der Waals surface area contributed by atoms with E-state index in [1.165, 1.54) is 73.4 Å². The molecule has 472 valence electrons. The summed E-state index contributed by atoms with van der Waals surface area (Å²) in [6.07, 6.45) is 26.3. The first-order valence-electron chi connectivity index (χ1n) is 32.7. The molecular formula is C76H76N10O7. The summed E-state index contributed by atoms with van der Waals surface area (Å²) in [5.41, 5.74) is 14.3. The molecule has 7 N–H and O–H groups in total. The second kappa shape index (κ2) is 24.8. The first-order valence-corrected chi connectivity index (χ1v) is 32.7. The minimum atomic E-state index is -1.00. The van der Waals surface area contributed by atoms with E-state index in [9.17, 15) is 24.0 Å². The number of carboxylic acid groups (broad SMARTS) is 2. The van der Waals surface area contributed by atoms with Gasteiger partial charge in [0.2, 0.25) is 5.91 Å². The zero-order valence-electron chi connectivity index (χ0n) is 51.2. The van der Waals surface area contributed by atoms with Crippen LogP contribution in [-0.4, -0.2) is 73.8 Å². The number of imidazole rings is 2. The minimum Gasteiger partial charge on any atom is -0.478 e. The van der Waals surface area contributed by atoms with Crippen LogP contribution in [-0.2, 0) is 32.0 Å². The van der Waals surface area contributed by atoms with Crippen molar-refractivity contribution in [1.82, 2.24) is 44.5 Å². The lowest BCUT2D eigenvalue weighted by molar-refractivity contribution is -0.132. The topological polar surface area (TPSA) is 241 Å². The van der Waals surface area contributed by atoms with Crippen molar-refractivity contribution in [2.75, 3.05) is 5.32 Å². The largest absolute Gasteiger partial charge is 0.478 e. The Kier molecular flexibility index (Phi) is 16.1. The zero-order chi connectivity index (χ0) is 62.7. The number of anilines is 1. The number of amides is 3. The maximum absolute atomic E-state index is 14.1. The van der Waals surface area contributed by atoms with Gasteiger partial charge >= 0.3 is 11.9 Å². The van der Waals surface area contributed by atoms with Gasteiger partial charge in [0.1, 0.15) is 24.5 Å². The standard InChI is InChI=1S/C38H37N5O4.C37H35N5O3.CH4/c44-32-22-43-31-21-25(14-15-27(31)34(24-8-2-1-3-9-24)35(43)26-10-4-5-11-28(26)39-32)36(47)42-38(18-6-7-19-38)37-40-29-16-12-23(13-17-33(45)46)20-30(29)41-37;43-32(44)17-13-23-12-16-29-30(20-23)40-36(39-29)37(18-6-7-19-37)41-35(45)25-14-15-27-31(21-25)42-22-38-28-11-5-4-10-26(28)34(42)33(27)24-8-2-1-3-9-24;/h4-5,10-17,20-21,24H,1-3,6-9,18-19,22H2,(H,39,44)(H,40,41)(H,42,47)(H,45,46);4-5,10-17,20-22,24H,1-3,6-9,18-19H2,(H,39,40)(H,41,45)(H,43,44);1H4/b2*17-13+;. The number of H-pyrrole nitrogens is 2. The molecule has 0 saturated heterocycles. The van der Waals surface area contributed by atoms with Crippen LogP contribution in [0.1, 0.15) is 189 Å². The van der Waals surface area contributed by atoms with Crippen molar-refractivity contribution in [2.45, 2.75) is 152 Å². The number of aromatic nitrogens is 7. The molecule has 0 radical (unpaired) electrons. The summed E-state index contributed by atoms with van der Waals surface area (Å²) in [4.78, 5) is 84.9. The van der Waals surface area contributed by atoms with Gasteiger partial charge in [-0.15, -0.1) is 0 Å². The second-order valence-corrected chi connectivity index (χ2v) is 26.0. The van der Waals surface area contributed by atoms with Crippen LogP contribution in [0.15, 0.2) is 140 Å². The molecule has 16 rings (SSSR count). The molecule has 0 bridgehead atoms. The fraction of sp³-hybridized carbons (Fsp3) is 0.316. The van der Waals surface area contributed by atoms with E-state index in [1.807, 2.05) is 91.3 Å². The number of aromatic amines is 2. The molecule has 4 fully saturated rings. The number of fused-ring (bicyclic) bond motifs is 12. The van der Waals surface area contributed by atoms with E-state index in [2.05, 4.69) is 71.3 Å². The van der Waals surface area contributed by atoms with Crippen LogP contribution in [0.5, 0.6) is 0 Å². The van der Waals surface area contributed by atoms with Crippen molar-refractivity contribution in [3.05, 3.63) is 185 Å². The number of aliphatic carboxylic acids is 2. The molecule has 1 aliphatic heterocycles. The number of carbonyl (C=O) groups is 5. The maximum Gasteiger partial charge on any atom is 0.328 e. The molecule has 5 aromatic heterocycles. The molecule has 0 atom stereocenters. The van der Waals surface area contributed by atoms with Crippen molar-refractivity contribution in [2.24, 2.45) is 0 Å². The maximum atomic E-state index is 14.1. The lowest BCUT2D eigenvalue weighted by Crippen LogP contribution is -2.44. The van der Waals surface area contributed by atoms with Crippen molar-refractivity contribution in [3.8, 4) is 11.3 Å². The molecule has 93 heavy (non-hydrogen) atoms. The number of nitrogens with one attached hydrogen (secondary N) is 5. The molecule has 6 heterocycles. The molecule has 5 aliphatic rings. The summed E-state index contributed by atoms with van der Waals surface area (Å²) >= 11 is 0. The number of carbonyl (C=O) groups excluding carboxylic acids is 3. The van der Waals surface area contributed by atoms with Crippen molar-refractivity contribution in [3.63, 3.8) is 0 Å². The van der Waals surface area contributed by atoms with Crippen LogP contribution in [0.4, 0.5) is 5.69 Å². The fourth-order valence-corrected chi connectivity index (χ4v) is 15.9. The summed E-state index contributed by atoms with van der Waals surface area (Å²) in [5.74, 6) is -0.0141. The fourth-order valence-electron chi connectivity index (χ4n) is 15.9. The van der Waals surface area contributed by atoms with Crippen LogP contribution in [0.25, 0.3) is 83.7 Å². The van der Waals surface area contributed by atoms with Gasteiger partial charge in [0.15, 0.2) is 0 Å². The lowest BCUT2D eigenvalue weighted by Gasteiger charge is -2.28. The van der Waals surface area contributed by atoms with E-state index >= 15 is 0 Å². The van der Waals surface area contributed by atoms with Gasteiger partial charge in [-0.1, -0.05) is 132 Å². The van der Waals surface area contributed by atoms with Gasteiger partial charge in [0.25, 0.3) is 11.8 Å². The highest BCUT2D eigenvalue weighted by molar-refractivity contribution is 6.08. The first kappa shape index (κ1) is 60.4. The van der Waals surface area contributed by atoms with Crippen molar-refractivity contribution < 1.29 is 34.2 Å². The van der Waals surface area contributed by atoms with Gasteiger partial charge in [-0.25, -0.2) is 24.5 Å². The van der Waals surface area contributed by atoms with Gasteiger partial charge < -0.3 is 40.7 Å². The summed E-state index contributed by atoms with van der Waals surface area (Å²) < 4.78 is 4.32. The van der Waals surface area contributed by atoms with Gasteiger partial charge in [-0.2, -0.15) is 0 Å². The molecular weight excluding hydrogens is 1160 g/mol. The second-order valence-electron chi connectivity index (χ2n) is 26.0. The van der Waals surface area contributed by atoms with Crippen LogP contribution in [0.3, 0.4) is 0 Å². The molecule has 4 aliphatic carbocycles.